The molecule has 2 aromatic rings. The van der Waals surface area contributed by atoms with Crippen molar-refractivity contribution in [1.82, 2.24) is 9.97 Å². The Hall–Kier alpha value is -1.64. The van der Waals surface area contributed by atoms with Crippen LogP contribution in [0.2, 0.25) is 0 Å². The molecule has 0 spiro atoms. The van der Waals surface area contributed by atoms with Gasteiger partial charge in [0, 0.05) is 0 Å². The molecule has 0 atom stereocenters. The molecular weight excluding hydrogens is 164 g/mol. The van der Waals surface area contributed by atoms with Crippen LogP contribution in [-0.4, -0.2) is 16.6 Å². The Morgan fingerprint density at radius 1 is 1.31 bits per heavy atom. The van der Waals surface area contributed by atoms with E-state index < -0.39 is 0 Å². The Morgan fingerprint density at radius 3 is 2.85 bits per heavy atom. The van der Waals surface area contributed by atoms with Crippen molar-refractivity contribution in [3.05, 3.63) is 30.5 Å². The van der Waals surface area contributed by atoms with Gasteiger partial charge in [-0.25, -0.2) is 9.97 Å². The molecule has 0 bridgehead atoms. The summed E-state index contributed by atoms with van der Waals surface area (Å²) in [4.78, 5) is 8.31. The standard InChI is InChI=1S/C10H9N2O/c1-2-13-10-7-11-8-5-3-4-6-9(8)12-10/h3-6H,2H2,1H3. The molecule has 2 rings (SSSR count). The van der Waals surface area contributed by atoms with Crippen molar-refractivity contribution >= 4 is 11.0 Å². The molecule has 1 aromatic heterocycles. The third kappa shape index (κ3) is 1.59. The van der Waals surface area contributed by atoms with Crippen molar-refractivity contribution in [2.24, 2.45) is 0 Å². The fourth-order valence-electron chi connectivity index (χ4n) is 1.10. The molecule has 1 aromatic carbocycles. The van der Waals surface area contributed by atoms with E-state index in [1.165, 1.54) is 0 Å². The lowest BCUT2D eigenvalue weighted by Crippen LogP contribution is -1.95. The predicted octanol–water partition coefficient (Wildman–Crippen LogP) is 1.83. The number of rotatable bonds is 2. The van der Waals surface area contributed by atoms with E-state index in [-0.39, 0.29) is 0 Å². The second-order valence-corrected chi connectivity index (χ2v) is 2.56. The first kappa shape index (κ1) is 7.98. The average molecular weight is 173 g/mol. The van der Waals surface area contributed by atoms with Gasteiger partial charge in [-0.3, -0.25) is 0 Å². The Kier molecular flexibility index (Phi) is 2.08. The molecule has 0 saturated heterocycles. The largest absolute Gasteiger partial charge is 0.476 e. The molecule has 13 heavy (non-hydrogen) atoms. The zero-order chi connectivity index (χ0) is 9.10. The van der Waals surface area contributed by atoms with Crippen molar-refractivity contribution in [1.29, 1.82) is 0 Å². The number of ether oxygens (including phenoxy) is 1. The van der Waals surface area contributed by atoms with Gasteiger partial charge in [0.1, 0.15) is 0 Å². The smallest absolute Gasteiger partial charge is 0.243 e. The lowest BCUT2D eigenvalue weighted by molar-refractivity contribution is 0.326. The van der Waals surface area contributed by atoms with E-state index in [2.05, 4.69) is 16.2 Å². The summed E-state index contributed by atoms with van der Waals surface area (Å²) in [7, 11) is 0. The fourth-order valence-corrected chi connectivity index (χ4v) is 1.10. The van der Waals surface area contributed by atoms with Gasteiger partial charge < -0.3 is 4.74 Å². The Bertz CT molecular complexity index is 414. The van der Waals surface area contributed by atoms with Crippen LogP contribution in [0, 0.1) is 6.20 Å². The first-order chi connectivity index (χ1) is 6.40. The number of hydrogen-bond acceptors (Lipinski definition) is 3. The summed E-state index contributed by atoms with van der Waals surface area (Å²) in [5.74, 6) is 0.459. The molecule has 0 amide bonds. The van der Waals surface area contributed by atoms with Crippen LogP contribution in [0.15, 0.2) is 24.3 Å². The minimum Gasteiger partial charge on any atom is -0.476 e. The summed E-state index contributed by atoms with van der Waals surface area (Å²) in [5.41, 5.74) is 1.68. The molecular formula is C10H9N2O. The third-order valence-corrected chi connectivity index (χ3v) is 1.66. The molecule has 0 N–H and O–H groups in total. The van der Waals surface area contributed by atoms with Crippen molar-refractivity contribution in [2.45, 2.75) is 6.92 Å². The monoisotopic (exact) mass is 173 g/mol. The Labute approximate surface area is 76.4 Å². The third-order valence-electron chi connectivity index (χ3n) is 1.66. The minimum atomic E-state index is 0.459. The zero-order valence-electron chi connectivity index (χ0n) is 7.32. The summed E-state index contributed by atoms with van der Waals surface area (Å²) < 4.78 is 5.18. The summed E-state index contributed by atoms with van der Waals surface area (Å²) >= 11 is 0. The average Bonchev–Trinajstić information content (AvgIpc) is 2.18. The highest BCUT2D eigenvalue weighted by molar-refractivity contribution is 5.73. The van der Waals surface area contributed by atoms with Crippen LogP contribution >= 0.6 is 0 Å². The summed E-state index contributed by atoms with van der Waals surface area (Å²) in [6.07, 6.45) is 2.73. The van der Waals surface area contributed by atoms with E-state index in [0.717, 1.165) is 11.0 Å². The minimum absolute atomic E-state index is 0.459. The quantitative estimate of drug-likeness (QED) is 0.694. The van der Waals surface area contributed by atoms with Crippen LogP contribution in [-0.2, 0) is 0 Å². The van der Waals surface area contributed by atoms with Gasteiger partial charge >= 0.3 is 0 Å². The highest BCUT2D eigenvalue weighted by atomic mass is 16.5. The molecule has 65 valence electrons. The maximum atomic E-state index is 5.18. The van der Waals surface area contributed by atoms with Crippen LogP contribution in [0.25, 0.3) is 11.0 Å². The van der Waals surface area contributed by atoms with Gasteiger partial charge in [0.25, 0.3) is 0 Å². The number of fused-ring (bicyclic) bond motifs is 1. The molecule has 1 heterocycles. The molecule has 1 radical (unpaired) electrons. The van der Waals surface area contributed by atoms with Crippen LogP contribution in [0.1, 0.15) is 6.92 Å². The summed E-state index contributed by atoms with van der Waals surface area (Å²) in [6, 6.07) is 7.64. The Balaban J connectivity index is 2.49. The second kappa shape index (κ2) is 3.39. The normalized spacial score (nSPS) is 10.2. The van der Waals surface area contributed by atoms with Gasteiger partial charge in [-0.1, -0.05) is 12.1 Å². The number of aromatic nitrogens is 2. The molecule has 3 heteroatoms. The summed E-state index contributed by atoms with van der Waals surface area (Å²) in [5, 5.41) is 0. The number of hydrogen-bond donors (Lipinski definition) is 0. The van der Waals surface area contributed by atoms with E-state index in [4.69, 9.17) is 4.74 Å². The number of para-hydroxylation sites is 2. The second-order valence-electron chi connectivity index (χ2n) is 2.56. The number of nitrogens with zero attached hydrogens (tertiary/aromatic N) is 2. The fraction of sp³-hybridized carbons (Fsp3) is 0.200. The van der Waals surface area contributed by atoms with Crippen molar-refractivity contribution in [3.63, 3.8) is 0 Å². The highest BCUT2D eigenvalue weighted by Crippen LogP contribution is 2.11. The topological polar surface area (TPSA) is 35.0 Å². The van der Waals surface area contributed by atoms with Gasteiger partial charge in [0.15, 0.2) is 6.20 Å². The van der Waals surface area contributed by atoms with E-state index in [9.17, 15) is 0 Å². The first-order valence-corrected chi connectivity index (χ1v) is 4.17. The molecule has 0 saturated carbocycles. The van der Waals surface area contributed by atoms with Crippen LogP contribution < -0.4 is 4.74 Å². The lowest BCUT2D eigenvalue weighted by Gasteiger charge is -2.00. The maximum Gasteiger partial charge on any atom is 0.243 e. The van der Waals surface area contributed by atoms with E-state index in [1.807, 2.05) is 31.2 Å². The van der Waals surface area contributed by atoms with Gasteiger partial charge in [0.2, 0.25) is 5.88 Å². The zero-order valence-corrected chi connectivity index (χ0v) is 7.32. The summed E-state index contributed by atoms with van der Waals surface area (Å²) in [6.45, 7) is 2.49. The maximum absolute atomic E-state index is 5.18. The van der Waals surface area contributed by atoms with Gasteiger partial charge in [0.05, 0.1) is 17.6 Å². The molecule has 0 aliphatic carbocycles. The van der Waals surface area contributed by atoms with E-state index >= 15 is 0 Å². The molecule has 0 aliphatic heterocycles. The van der Waals surface area contributed by atoms with E-state index in [1.54, 1.807) is 0 Å². The van der Waals surface area contributed by atoms with Crippen molar-refractivity contribution in [2.75, 3.05) is 6.61 Å². The molecule has 0 aliphatic rings. The highest BCUT2D eigenvalue weighted by Gasteiger charge is 1.98. The van der Waals surface area contributed by atoms with E-state index in [0.29, 0.717) is 12.5 Å². The molecule has 0 unspecified atom stereocenters. The Morgan fingerprint density at radius 2 is 2.08 bits per heavy atom. The lowest BCUT2D eigenvalue weighted by atomic mass is 10.3. The number of benzene rings is 1. The van der Waals surface area contributed by atoms with Gasteiger partial charge in [-0.2, -0.15) is 0 Å². The van der Waals surface area contributed by atoms with Crippen LogP contribution in [0.3, 0.4) is 0 Å². The van der Waals surface area contributed by atoms with Crippen molar-refractivity contribution < 1.29 is 4.74 Å². The molecule has 0 fully saturated rings. The van der Waals surface area contributed by atoms with Crippen LogP contribution in [0.4, 0.5) is 0 Å². The SMILES string of the molecule is CCOc1[c]nc2ccccc2n1. The first-order valence-electron chi connectivity index (χ1n) is 4.17. The molecule has 3 nitrogen and oxygen atoms in total. The van der Waals surface area contributed by atoms with Crippen molar-refractivity contribution in [3.8, 4) is 5.88 Å². The van der Waals surface area contributed by atoms with Crippen LogP contribution in [0.5, 0.6) is 5.88 Å². The van der Waals surface area contributed by atoms with Gasteiger partial charge in [-0.15, -0.1) is 0 Å². The predicted molar refractivity (Wildman–Crippen MR) is 49.5 cm³/mol. The van der Waals surface area contributed by atoms with Gasteiger partial charge in [-0.05, 0) is 19.1 Å².